The molecular weight excluding hydrogens is 176 g/mol. The fraction of sp³-hybridized carbons (Fsp3) is 0.500. The van der Waals surface area contributed by atoms with Crippen LogP contribution in [0.1, 0.15) is 44.0 Å². The van der Waals surface area contributed by atoms with E-state index in [4.69, 9.17) is 4.42 Å². The predicted molar refractivity (Wildman–Crippen MR) is 56.9 cm³/mol. The van der Waals surface area contributed by atoms with E-state index in [0.29, 0.717) is 5.76 Å². The lowest BCUT2D eigenvalue weighted by atomic mass is 10.1. The van der Waals surface area contributed by atoms with Crippen molar-refractivity contribution in [3.63, 3.8) is 0 Å². The molecule has 0 aliphatic rings. The summed E-state index contributed by atoms with van der Waals surface area (Å²) in [5.41, 5.74) is 0. The molecule has 1 heterocycles. The van der Waals surface area contributed by atoms with E-state index in [0.717, 1.165) is 32.1 Å². The van der Waals surface area contributed by atoms with Crippen molar-refractivity contribution in [2.75, 3.05) is 0 Å². The lowest BCUT2D eigenvalue weighted by Gasteiger charge is -2.06. The summed E-state index contributed by atoms with van der Waals surface area (Å²) in [4.78, 5) is 0. The van der Waals surface area contributed by atoms with Crippen LogP contribution in [0.2, 0.25) is 0 Å². The van der Waals surface area contributed by atoms with Gasteiger partial charge in [0, 0.05) is 0 Å². The average Bonchev–Trinajstić information content (AvgIpc) is 2.70. The lowest BCUT2D eigenvalue weighted by molar-refractivity contribution is 0.137. The van der Waals surface area contributed by atoms with Gasteiger partial charge in [-0.25, -0.2) is 0 Å². The highest BCUT2D eigenvalue weighted by Gasteiger charge is 2.08. The predicted octanol–water partition coefficient (Wildman–Crippen LogP) is 3.45. The monoisotopic (exact) mass is 194 g/mol. The summed E-state index contributed by atoms with van der Waals surface area (Å²) in [7, 11) is 0. The molecule has 0 amide bonds. The maximum atomic E-state index is 9.65. The van der Waals surface area contributed by atoms with Crippen molar-refractivity contribution in [2.45, 2.75) is 38.2 Å². The van der Waals surface area contributed by atoms with Gasteiger partial charge in [0.1, 0.15) is 11.9 Å². The number of rotatable bonds is 7. The quantitative estimate of drug-likeness (QED) is 0.532. The Hall–Kier alpha value is -1.02. The number of furan rings is 1. The van der Waals surface area contributed by atoms with Gasteiger partial charge in [0.05, 0.1) is 6.26 Å². The summed E-state index contributed by atoms with van der Waals surface area (Å²) in [6, 6.07) is 3.62. The summed E-state index contributed by atoms with van der Waals surface area (Å²) in [5, 5.41) is 9.65. The molecule has 1 N–H and O–H groups in total. The Kier molecular flexibility index (Phi) is 5.08. The molecule has 1 unspecified atom stereocenters. The van der Waals surface area contributed by atoms with Crippen molar-refractivity contribution in [3.8, 4) is 0 Å². The van der Waals surface area contributed by atoms with Crippen LogP contribution in [-0.2, 0) is 0 Å². The van der Waals surface area contributed by atoms with Crippen LogP contribution >= 0.6 is 0 Å². The number of allylic oxidation sites excluding steroid dienone is 1. The molecule has 1 rings (SSSR count). The van der Waals surface area contributed by atoms with E-state index >= 15 is 0 Å². The van der Waals surface area contributed by atoms with Gasteiger partial charge in [-0.2, -0.15) is 0 Å². The second-order valence-electron chi connectivity index (χ2n) is 3.46. The van der Waals surface area contributed by atoms with Gasteiger partial charge in [-0.1, -0.05) is 18.9 Å². The minimum Gasteiger partial charge on any atom is -0.467 e. The van der Waals surface area contributed by atoms with Gasteiger partial charge >= 0.3 is 0 Å². The standard InChI is InChI=1S/C12H18O2/c1-2-3-4-5-6-8-11(13)12-9-7-10-14-12/h2,7,9-11,13H,1,3-6,8H2. The molecule has 0 spiro atoms. The second-order valence-corrected chi connectivity index (χ2v) is 3.46. The maximum absolute atomic E-state index is 9.65. The first kappa shape index (κ1) is 11.1. The molecule has 1 aromatic rings. The first-order chi connectivity index (χ1) is 6.84. The number of hydrogen-bond acceptors (Lipinski definition) is 2. The maximum Gasteiger partial charge on any atom is 0.132 e. The first-order valence-corrected chi connectivity index (χ1v) is 5.17. The van der Waals surface area contributed by atoms with Gasteiger partial charge in [0.25, 0.3) is 0 Å². The smallest absolute Gasteiger partial charge is 0.132 e. The normalized spacial score (nSPS) is 12.6. The molecule has 1 atom stereocenters. The zero-order valence-electron chi connectivity index (χ0n) is 8.48. The van der Waals surface area contributed by atoms with Gasteiger partial charge in [-0.05, 0) is 31.4 Å². The fourth-order valence-corrected chi connectivity index (χ4v) is 1.43. The molecule has 1 aromatic heterocycles. The third-order valence-electron chi connectivity index (χ3n) is 2.26. The van der Waals surface area contributed by atoms with Crippen molar-refractivity contribution in [3.05, 3.63) is 36.8 Å². The molecule has 0 radical (unpaired) electrons. The minimum absolute atomic E-state index is 0.436. The van der Waals surface area contributed by atoms with Gasteiger partial charge in [0.15, 0.2) is 0 Å². The molecule has 0 aromatic carbocycles. The topological polar surface area (TPSA) is 33.4 Å². The number of aliphatic hydroxyl groups is 1. The van der Waals surface area contributed by atoms with Crippen LogP contribution in [0, 0.1) is 0 Å². The summed E-state index contributed by atoms with van der Waals surface area (Å²) >= 11 is 0. The summed E-state index contributed by atoms with van der Waals surface area (Å²) in [6.45, 7) is 3.67. The Bertz CT molecular complexity index is 239. The number of unbranched alkanes of at least 4 members (excludes halogenated alkanes) is 3. The molecule has 14 heavy (non-hydrogen) atoms. The van der Waals surface area contributed by atoms with E-state index in [-0.39, 0.29) is 0 Å². The first-order valence-electron chi connectivity index (χ1n) is 5.17. The molecule has 2 heteroatoms. The Balaban J connectivity index is 2.10. The Labute approximate surface area is 85.2 Å². The van der Waals surface area contributed by atoms with E-state index in [2.05, 4.69) is 6.58 Å². The van der Waals surface area contributed by atoms with Crippen LogP contribution in [0.25, 0.3) is 0 Å². The molecule has 0 fully saturated rings. The van der Waals surface area contributed by atoms with E-state index in [1.54, 1.807) is 12.3 Å². The van der Waals surface area contributed by atoms with Crippen LogP contribution < -0.4 is 0 Å². The fourth-order valence-electron chi connectivity index (χ4n) is 1.43. The highest BCUT2D eigenvalue weighted by Crippen LogP contribution is 2.19. The summed E-state index contributed by atoms with van der Waals surface area (Å²) < 4.78 is 5.11. The molecule has 78 valence electrons. The minimum atomic E-state index is -0.436. The van der Waals surface area contributed by atoms with Crippen molar-refractivity contribution < 1.29 is 9.52 Å². The number of hydrogen-bond donors (Lipinski definition) is 1. The Morgan fingerprint density at radius 2 is 2.29 bits per heavy atom. The lowest BCUT2D eigenvalue weighted by Crippen LogP contribution is -1.95. The van der Waals surface area contributed by atoms with Crippen molar-refractivity contribution in [1.82, 2.24) is 0 Å². The van der Waals surface area contributed by atoms with Gasteiger partial charge in [-0.3, -0.25) is 0 Å². The van der Waals surface area contributed by atoms with Crippen LogP contribution in [0.15, 0.2) is 35.5 Å². The van der Waals surface area contributed by atoms with Crippen molar-refractivity contribution in [1.29, 1.82) is 0 Å². The van der Waals surface area contributed by atoms with Crippen molar-refractivity contribution >= 4 is 0 Å². The van der Waals surface area contributed by atoms with E-state index in [9.17, 15) is 5.11 Å². The zero-order chi connectivity index (χ0) is 10.2. The third-order valence-corrected chi connectivity index (χ3v) is 2.26. The Morgan fingerprint density at radius 1 is 1.43 bits per heavy atom. The second kappa shape index (κ2) is 6.44. The molecule has 0 saturated heterocycles. The highest BCUT2D eigenvalue weighted by atomic mass is 16.4. The van der Waals surface area contributed by atoms with Crippen LogP contribution in [0.3, 0.4) is 0 Å². The zero-order valence-corrected chi connectivity index (χ0v) is 8.48. The van der Waals surface area contributed by atoms with Gasteiger partial charge in [0.2, 0.25) is 0 Å². The van der Waals surface area contributed by atoms with Crippen LogP contribution in [0.5, 0.6) is 0 Å². The molecule has 0 bridgehead atoms. The third kappa shape index (κ3) is 3.79. The molecule has 2 nitrogen and oxygen atoms in total. The van der Waals surface area contributed by atoms with E-state index in [1.807, 2.05) is 12.1 Å². The Morgan fingerprint density at radius 3 is 2.93 bits per heavy atom. The molecular formula is C12H18O2. The largest absolute Gasteiger partial charge is 0.467 e. The van der Waals surface area contributed by atoms with Gasteiger partial charge < -0.3 is 9.52 Å². The SMILES string of the molecule is C=CCCCCCC(O)c1ccco1. The average molecular weight is 194 g/mol. The van der Waals surface area contributed by atoms with Gasteiger partial charge in [-0.15, -0.1) is 6.58 Å². The van der Waals surface area contributed by atoms with Crippen LogP contribution in [-0.4, -0.2) is 5.11 Å². The molecule has 0 aliphatic heterocycles. The highest BCUT2D eigenvalue weighted by molar-refractivity contribution is 5.01. The molecule has 0 aliphatic carbocycles. The number of aliphatic hydroxyl groups excluding tert-OH is 1. The van der Waals surface area contributed by atoms with E-state index in [1.165, 1.54) is 0 Å². The van der Waals surface area contributed by atoms with Crippen molar-refractivity contribution in [2.24, 2.45) is 0 Å². The van der Waals surface area contributed by atoms with E-state index < -0.39 is 6.10 Å². The molecule has 0 saturated carbocycles. The summed E-state index contributed by atoms with van der Waals surface area (Å²) in [6.07, 6.45) is 8.28. The summed E-state index contributed by atoms with van der Waals surface area (Å²) in [5.74, 6) is 0.675. The van der Waals surface area contributed by atoms with Crippen LogP contribution in [0.4, 0.5) is 0 Å².